The monoisotopic (exact) mass is 459 g/mol. The molecule has 0 fully saturated rings. The van der Waals surface area contributed by atoms with Crippen LogP contribution in [0.3, 0.4) is 0 Å². The van der Waals surface area contributed by atoms with Crippen molar-refractivity contribution in [3.8, 4) is 5.75 Å². The zero-order valence-corrected chi connectivity index (χ0v) is 19.1. The molecule has 5 nitrogen and oxygen atoms in total. The van der Waals surface area contributed by atoms with Gasteiger partial charge in [-0.1, -0.05) is 54.1 Å². The molecular weight excluding hydrogens is 438 g/mol. The number of fused-ring (bicyclic) bond motifs is 2. The van der Waals surface area contributed by atoms with Crippen molar-refractivity contribution in [2.45, 2.75) is 26.4 Å². The Hall–Kier alpha value is -3.57. The van der Waals surface area contributed by atoms with E-state index in [1.807, 2.05) is 68.4 Å². The van der Waals surface area contributed by atoms with Gasteiger partial charge in [-0.05, 0) is 54.8 Å². The van der Waals surface area contributed by atoms with Gasteiger partial charge in [-0.15, -0.1) is 0 Å². The molecule has 33 heavy (non-hydrogen) atoms. The van der Waals surface area contributed by atoms with E-state index >= 15 is 0 Å². The van der Waals surface area contributed by atoms with Crippen LogP contribution in [0.15, 0.2) is 75.9 Å². The van der Waals surface area contributed by atoms with Gasteiger partial charge in [0.1, 0.15) is 11.3 Å². The highest BCUT2D eigenvalue weighted by Gasteiger charge is 2.42. The maximum absolute atomic E-state index is 13.7. The van der Waals surface area contributed by atoms with Crippen LogP contribution >= 0.6 is 11.6 Å². The van der Waals surface area contributed by atoms with Gasteiger partial charge in [0.25, 0.3) is 5.91 Å². The average molecular weight is 460 g/mol. The minimum absolute atomic E-state index is 0.0871. The Morgan fingerprint density at radius 1 is 1.03 bits per heavy atom. The molecule has 1 aromatic heterocycles. The quantitative estimate of drug-likeness (QED) is 0.373. The normalized spacial score (nSPS) is 15.2. The summed E-state index contributed by atoms with van der Waals surface area (Å²) in [7, 11) is 0. The van der Waals surface area contributed by atoms with Crippen LogP contribution in [0.5, 0.6) is 5.75 Å². The predicted molar refractivity (Wildman–Crippen MR) is 128 cm³/mol. The molecule has 1 atom stereocenters. The number of hydrogen-bond acceptors (Lipinski definition) is 4. The smallest absolute Gasteiger partial charge is 0.291 e. The molecule has 1 aliphatic rings. The van der Waals surface area contributed by atoms with Crippen molar-refractivity contribution in [3.05, 3.63) is 110 Å². The Kier molecular flexibility index (Phi) is 5.43. The van der Waals surface area contributed by atoms with Gasteiger partial charge < -0.3 is 14.1 Å². The van der Waals surface area contributed by atoms with Crippen LogP contribution < -0.4 is 10.2 Å². The summed E-state index contributed by atoms with van der Waals surface area (Å²) in [6.07, 6.45) is 0. The van der Waals surface area contributed by atoms with E-state index in [1.165, 1.54) is 0 Å². The number of rotatable bonds is 5. The summed E-state index contributed by atoms with van der Waals surface area (Å²) in [4.78, 5) is 28.9. The summed E-state index contributed by atoms with van der Waals surface area (Å²) >= 11 is 6.30. The maximum atomic E-state index is 13.7. The summed E-state index contributed by atoms with van der Waals surface area (Å²) in [6.45, 7) is 4.66. The molecular formula is C27H22ClNO4. The van der Waals surface area contributed by atoms with Gasteiger partial charge in [0, 0.05) is 11.6 Å². The molecule has 0 radical (unpaired) electrons. The van der Waals surface area contributed by atoms with Crippen LogP contribution in [-0.4, -0.2) is 17.4 Å². The molecule has 0 saturated carbocycles. The number of nitrogens with zero attached hydrogens (tertiary/aromatic N) is 1. The van der Waals surface area contributed by atoms with Crippen LogP contribution in [0, 0.1) is 6.92 Å². The molecule has 2 heterocycles. The minimum Gasteiger partial charge on any atom is -0.494 e. The summed E-state index contributed by atoms with van der Waals surface area (Å²) < 4.78 is 11.6. The lowest BCUT2D eigenvalue weighted by Crippen LogP contribution is -2.29. The Labute approximate surface area is 196 Å². The van der Waals surface area contributed by atoms with Gasteiger partial charge in [0.15, 0.2) is 5.43 Å². The highest BCUT2D eigenvalue weighted by molar-refractivity contribution is 6.32. The topological polar surface area (TPSA) is 59.8 Å². The van der Waals surface area contributed by atoms with Crippen LogP contribution in [0.2, 0.25) is 5.02 Å². The molecule has 0 N–H and O–H groups in total. The van der Waals surface area contributed by atoms with E-state index in [1.54, 1.807) is 17.0 Å². The van der Waals surface area contributed by atoms with E-state index in [2.05, 4.69) is 0 Å². The molecule has 5 rings (SSSR count). The summed E-state index contributed by atoms with van der Waals surface area (Å²) in [5, 5.41) is 0.854. The summed E-state index contributed by atoms with van der Waals surface area (Å²) in [5.74, 6) is 0.511. The Morgan fingerprint density at radius 2 is 1.76 bits per heavy atom. The van der Waals surface area contributed by atoms with Crippen molar-refractivity contribution < 1.29 is 13.9 Å². The van der Waals surface area contributed by atoms with Crippen molar-refractivity contribution in [2.24, 2.45) is 0 Å². The van der Waals surface area contributed by atoms with E-state index in [0.717, 1.165) is 22.4 Å². The second kappa shape index (κ2) is 8.41. The van der Waals surface area contributed by atoms with Gasteiger partial charge in [-0.2, -0.15) is 0 Å². The fraction of sp³-hybridized carbons (Fsp3) is 0.185. The second-order valence-corrected chi connectivity index (χ2v) is 8.50. The maximum Gasteiger partial charge on any atom is 0.291 e. The number of aryl methyl sites for hydroxylation is 1. The molecule has 0 aliphatic carbocycles. The van der Waals surface area contributed by atoms with E-state index in [-0.39, 0.29) is 17.1 Å². The largest absolute Gasteiger partial charge is 0.494 e. The number of amides is 1. The molecule has 1 amide bonds. The fourth-order valence-electron chi connectivity index (χ4n) is 4.34. The standard InChI is InChI=1S/C27H22ClNO4/c1-3-32-19-11-9-18(10-12-19)24-23-25(30)20-14-21(28)16(2)13-22(20)33-26(23)27(31)29(24)15-17-7-5-4-6-8-17/h4-14,24H,3,15H2,1-2H3. The van der Waals surface area contributed by atoms with Crippen LogP contribution in [0.1, 0.15) is 45.8 Å². The zero-order chi connectivity index (χ0) is 23.1. The Bertz CT molecular complexity index is 1410. The van der Waals surface area contributed by atoms with Crippen molar-refractivity contribution in [3.63, 3.8) is 0 Å². The number of benzene rings is 3. The molecule has 0 saturated heterocycles. The predicted octanol–water partition coefficient (Wildman–Crippen LogP) is 5.90. The van der Waals surface area contributed by atoms with Crippen LogP contribution in [0.4, 0.5) is 0 Å². The second-order valence-electron chi connectivity index (χ2n) is 8.09. The number of ether oxygens (including phenoxy) is 1. The molecule has 0 spiro atoms. The first-order chi connectivity index (χ1) is 16.0. The van der Waals surface area contributed by atoms with Crippen molar-refractivity contribution in [1.29, 1.82) is 0 Å². The minimum atomic E-state index is -0.580. The molecule has 6 heteroatoms. The molecule has 1 aliphatic heterocycles. The molecule has 3 aromatic carbocycles. The van der Waals surface area contributed by atoms with Gasteiger partial charge in [0.05, 0.1) is 23.6 Å². The first-order valence-corrected chi connectivity index (χ1v) is 11.2. The van der Waals surface area contributed by atoms with Gasteiger partial charge in [-0.3, -0.25) is 9.59 Å². The van der Waals surface area contributed by atoms with Gasteiger partial charge >= 0.3 is 0 Å². The average Bonchev–Trinajstić information content (AvgIpc) is 3.09. The molecule has 1 unspecified atom stereocenters. The lowest BCUT2D eigenvalue weighted by atomic mass is 9.98. The van der Waals surface area contributed by atoms with E-state index < -0.39 is 6.04 Å². The Balaban J connectivity index is 1.70. The lowest BCUT2D eigenvalue weighted by molar-refractivity contribution is 0.0714. The third-order valence-corrected chi connectivity index (χ3v) is 6.36. The van der Waals surface area contributed by atoms with E-state index in [9.17, 15) is 9.59 Å². The van der Waals surface area contributed by atoms with Crippen molar-refractivity contribution in [2.75, 3.05) is 6.61 Å². The van der Waals surface area contributed by atoms with Gasteiger partial charge in [-0.25, -0.2) is 0 Å². The SMILES string of the molecule is CCOc1ccc(C2c3c(oc4cc(C)c(Cl)cc4c3=O)C(=O)N2Cc2ccccc2)cc1. The first kappa shape index (κ1) is 21.3. The number of carbonyl (C=O) groups excluding carboxylic acids is 1. The van der Waals surface area contributed by atoms with E-state index in [0.29, 0.717) is 34.7 Å². The first-order valence-electron chi connectivity index (χ1n) is 10.8. The molecule has 4 aromatic rings. The van der Waals surface area contributed by atoms with E-state index in [4.69, 9.17) is 20.8 Å². The summed E-state index contributed by atoms with van der Waals surface area (Å²) in [5.41, 5.74) is 3.02. The highest BCUT2D eigenvalue weighted by atomic mass is 35.5. The highest BCUT2D eigenvalue weighted by Crippen LogP contribution is 2.40. The third kappa shape index (κ3) is 3.68. The number of carbonyl (C=O) groups is 1. The fourth-order valence-corrected chi connectivity index (χ4v) is 4.51. The molecule has 166 valence electrons. The molecule has 0 bridgehead atoms. The van der Waals surface area contributed by atoms with Crippen LogP contribution in [-0.2, 0) is 6.54 Å². The van der Waals surface area contributed by atoms with Crippen LogP contribution in [0.25, 0.3) is 11.0 Å². The van der Waals surface area contributed by atoms with Crippen molar-refractivity contribution in [1.82, 2.24) is 4.90 Å². The lowest BCUT2D eigenvalue weighted by Gasteiger charge is -2.25. The van der Waals surface area contributed by atoms with Crippen molar-refractivity contribution >= 4 is 28.5 Å². The Morgan fingerprint density at radius 3 is 2.45 bits per heavy atom. The number of halogens is 1. The summed E-state index contributed by atoms with van der Waals surface area (Å²) in [6, 6.07) is 19.9. The third-order valence-electron chi connectivity index (χ3n) is 5.95. The number of hydrogen-bond donors (Lipinski definition) is 0. The zero-order valence-electron chi connectivity index (χ0n) is 18.3. The van der Waals surface area contributed by atoms with Gasteiger partial charge in [0.2, 0.25) is 5.76 Å².